The van der Waals surface area contributed by atoms with Gasteiger partial charge in [-0.15, -0.1) is 0 Å². The number of hydrogen-bond donors (Lipinski definition) is 0. The maximum absolute atomic E-state index is 12.4. The number of alkyl halides is 5. The van der Waals surface area contributed by atoms with E-state index in [0.717, 1.165) is 0 Å². The van der Waals surface area contributed by atoms with Crippen LogP contribution in [0.25, 0.3) is 0 Å². The van der Waals surface area contributed by atoms with E-state index in [1.54, 1.807) is 19.2 Å². The molecule has 0 aliphatic rings. The molecule has 4 nitrogen and oxygen atoms in total. The lowest BCUT2D eigenvalue weighted by molar-refractivity contribution is -0.153. The number of carbonyl (C=O) groups is 1. The number of carbonyl (C=O) groups excluding carboxylic acids is 1. The summed E-state index contributed by atoms with van der Waals surface area (Å²) < 4.78 is 69.4. The lowest BCUT2D eigenvalue weighted by Crippen LogP contribution is -2.26. The van der Waals surface area contributed by atoms with E-state index in [-0.39, 0.29) is 29.5 Å². The fourth-order valence-corrected chi connectivity index (χ4v) is 2.20. The predicted molar refractivity (Wildman–Crippen MR) is 86.9 cm³/mol. The van der Waals surface area contributed by atoms with Crippen molar-refractivity contribution >= 4 is 5.91 Å². The summed E-state index contributed by atoms with van der Waals surface area (Å²) in [7, 11) is 1.54. The molecule has 0 heterocycles. The quantitative estimate of drug-likeness (QED) is 0.655. The Morgan fingerprint density at radius 2 is 1.56 bits per heavy atom. The fraction of sp³-hybridized carbons (Fsp3) is 0.278. The van der Waals surface area contributed by atoms with Gasteiger partial charge in [-0.25, -0.2) is 0 Å². The number of rotatable bonds is 7. The number of amides is 1. The molecule has 9 heteroatoms. The molecule has 0 aliphatic carbocycles. The first-order valence-corrected chi connectivity index (χ1v) is 7.73. The molecule has 0 atom stereocenters. The second-order valence-corrected chi connectivity index (χ2v) is 5.61. The molecule has 0 fully saturated rings. The average Bonchev–Trinajstić information content (AvgIpc) is 2.60. The molecule has 0 N–H and O–H groups in total. The minimum atomic E-state index is -4.44. The molecule has 2 rings (SSSR count). The molecule has 0 radical (unpaired) electrons. The molecular formula is C18H16F5NO3. The Kier molecular flexibility index (Phi) is 6.59. The van der Waals surface area contributed by atoms with Gasteiger partial charge in [0.15, 0.2) is 6.61 Å². The molecule has 1 amide bonds. The van der Waals surface area contributed by atoms with Gasteiger partial charge in [-0.1, -0.05) is 12.1 Å². The van der Waals surface area contributed by atoms with Crippen LogP contribution in [0.4, 0.5) is 22.0 Å². The molecule has 2 aromatic rings. The predicted octanol–water partition coefficient (Wildman–Crippen LogP) is 4.50. The van der Waals surface area contributed by atoms with Crippen molar-refractivity contribution in [3.8, 4) is 11.5 Å². The van der Waals surface area contributed by atoms with Crippen molar-refractivity contribution < 1.29 is 36.2 Å². The van der Waals surface area contributed by atoms with Gasteiger partial charge >= 0.3 is 12.8 Å². The summed E-state index contributed by atoms with van der Waals surface area (Å²) in [5.41, 5.74) is 0.965. The van der Waals surface area contributed by atoms with Crippen LogP contribution < -0.4 is 9.47 Å². The lowest BCUT2D eigenvalue weighted by Gasteiger charge is -2.18. The first-order chi connectivity index (χ1) is 12.6. The molecule has 0 bridgehead atoms. The van der Waals surface area contributed by atoms with Crippen molar-refractivity contribution in [2.45, 2.75) is 19.3 Å². The van der Waals surface area contributed by atoms with Crippen LogP contribution in [-0.2, 0) is 6.54 Å². The van der Waals surface area contributed by atoms with Crippen molar-refractivity contribution in [3.05, 3.63) is 59.7 Å². The smallest absolute Gasteiger partial charge is 0.422 e. The van der Waals surface area contributed by atoms with Crippen molar-refractivity contribution in [1.82, 2.24) is 4.90 Å². The zero-order chi connectivity index (χ0) is 20.0. The first-order valence-electron chi connectivity index (χ1n) is 7.73. The van der Waals surface area contributed by atoms with E-state index in [1.165, 1.54) is 41.3 Å². The Morgan fingerprint density at radius 1 is 1.00 bits per heavy atom. The molecule has 0 saturated carbocycles. The first kappa shape index (κ1) is 20.5. The number of halogens is 5. The van der Waals surface area contributed by atoms with E-state index in [1.807, 2.05) is 0 Å². The topological polar surface area (TPSA) is 38.8 Å². The van der Waals surface area contributed by atoms with Crippen LogP contribution in [0.1, 0.15) is 15.9 Å². The normalized spacial score (nSPS) is 11.4. The van der Waals surface area contributed by atoms with Gasteiger partial charge in [-0.2, -0.15) is 22.0 Å². The third-order valence-electron chi connectivity index (χ3n) is 3.42. The highest BCUT2D eigenvalue weighted by molar-refractivity contribution is 5.94. The summed E-state index contributed by atoms with van der Waals surface area (Å²) in [5, 5.41) is 0. The van der Waals surface area contributed by atoms with Crippen molar-refractivity contribution in [3.63, 3.8) is 0 Å². The van der Waals surface area contributed by atoms with Crippen LogP contribution >= 0.6 is 0 Å². The number of ether oxygens (including phenoxy) is 2. The lowest BCUT2D eigenvalue weighted by atomic mass is 10.1. The summed E-state index contributed by atoms with van der Waals surface area (Å²) in [5.74, 6) is -0.344. The van der Waals surface area contributed by atoms with Crippen molar-refractivity contribution in [2.24, 2.45) is 0 Å². The van der Waals surface area contributed by atoms with Crippen LogP contribution in [0, 0.1) is 0 Å². The summed E-state index contributed by atoms with van der Waals surface area (Å²) in [6, 6.07) is 11.1. The molecule has 2 aromatic carbocycles. The average molecular weight is 389 g/mol. The molecule has 0 spiro atoms. The monoisotopic (exact) mass is 389 g/mol. The maximum atomic E-state index is 12.4. The summed E-state index contributed by atoms with van der Waals surface area (Å²) in [6.45, 7) is -4.12. The minimum absolute atomic E-state index is 0.00106. The van der Waals surface area contributed by atoms with Gasteiger partial charge in [0.05, 0.1) is 0 Å². The maximum Gasteiger partial charge on any atom is 0.422 e. The van der Waals surface area contributed by atoms with Gasteiger partial charge in [0.25, 0.3) is 5.91 Å². The van der Waals surface area contributed by atoms with Gasteiger partial charge in [0.1, 0.15) is 11.5 Å². The largest absolute Gasteiger partial charge is 0.484 e. The Balaban J connectivity index is 1.94. The third kappa shape index (κ3) is 6.76. The Morgan fingerprint density at radius 3 is 2.07 bits per heavy atom. The van der Waals surface area contributed by atoms with Gasteiger partial charge in [0, 0.05) is 19.2 Å². The highest BCUT2D eigenvalue weighted by Crippen LogP contribution is 2.20. The van der Waals surface area contributed by atoms with Crippen LogP contribution in [0.15, 0.2) is 48.5 Å². The van der Waals surface area contributed by atoms with Gasteiger partial charge < -0.3 is 14.4 Å². The van der Waals surface area contributed by atoms with Crippen LogP contribution in [0.2, 0.25) is 0 Å². The Hall–Kier alpha value is -2.84. The molecule has 0 aromatic heterocycles. The van der Waals surface area contributed by atoms with Gasteiger partial charge in [-0.05, 0) is 42.0 Å². The second-order valence-electron chi connectivity index (χ2n) is 5.61. The van der Waals surface area contributed by atoms with E-state index in [4.69, 9.17) is 0 Å². The number of benzene rings is 2. The van der Waals surface area contributed by atoms with Crippen LogP contribution in [0.3, 0.4) is 0 Å². The summed E-state index contributed by atoms with van der Waals surface area (Å²) >= 11 is 0. The molecule has 0 unspecified atom stereocenters. The summed E-state index contributed by atoms with van der Waals surface area (Å²) in [4.78, 5) is 13.8. The molecule has 27 heavy (non-hydrogen) atoms. The van der Waals surface area contributed by atoms with E-state index >= 15 is 0 Å². The van der Waals surface area contributed by atoms with E-state index in [2.05, 4.69) is 9.47 Å². The van der Waals surface area contributed by atoms with E-state index in [0.29, 0.717) is 5.56 Å². The summed E-state index contributed by atoms with van der Waals surface area (Å²) in [6.07, 6.45) is -4.44. The van der Waals surface area contributed by atoms with E-state index in [9.17, 15) is 26.7 Å². The van der Waals surface area contributed by atoms with Crippen LogP contribution in [-0.4, -0.2) is 37.2 Å². The van der Waals surface area contributed by atoms with Crippen LogP contribution in [0.5, 0.6) is 11.5 Å². The second kappa shape index (κ2) is 8.70. The van der Waals surface area contributed by atoms with Crippen molar-refractivity contribution in [2.75, 3.05) is 13.7 Å². The highest BCUT2D eigenvalue weighted by Gasteiger charge is 2.28. The van der Waals surface area contributed by atoms with Gasteiger partial charge in [0.2, 0.25) is 0 Å². The molecule has 0 aliphatic heterocycles. The van der Waals surface area contributed by atoms with Crippen molar-refractivity contribution in [1.29, 1.82) is 0 Å². The SMILES string of the molecule is CN(Cc1ccc(OC(F)F)cc1)C(=O)c1ccc(OCC(F)(F)F)cc1. The Labute approximate surface area is 152 Å². The minimum Gasteiger partial charge on any atom is -0.484 e. The Bertz CT molecular complexity index is 745. The standard InChI is InChI=1S/C18H16F5NO3/c1-24(10-12-2-6-15(7-3-12)27-17(19)20)16(25)13-4-8-14(9-5-13)26-11-18(21,22)23/h2-9,17H,10-11H2,1H3. The zero-order valence-corrected chi connectivity index (χ0v) is 14.2. The molecule has 146 valence electrons. The van der Waals surface area contributed by atoms with E-state index < -0.39 is 19.4 Å². The van der Waals surface area contributed by atoms with Gasteiger partial charge in [-0.3, -0.25) is 4.79 Å². The zero-order valence-electron chi connectivity index (χ0n) is 14.2. The number of nitrogens with zero attached hydrogens (tertiary/aromatic N) is 1. The number of hydrogen-bond acceptors (Lipinski definition) is 3. The molecular weight excluding hydrogens is 373 g/mol. The molecule has 0 saturated heterocycles. The fourth-order valence-electron chi connectivity index (χ4n) is 2.20. The highest BCUT2D eigenvalue weighted by atomic mass is 19.4. The third-order valence-corrected chi connectivity index (χ3v) is 3.42.